The normalized spacial score (nSPS) is 11.8. The predicted molar refractivity (Wildman–Crippen MR) is 155 cm³/mol. The predicted octanol–water partition coefficient (Wildman–Crippen LogP) is 3.97. The number of likely N-dealkylation sites (N-methyl/N-ethyl adjacent to an activating group) is 1. The van der Waals surface area contributed by atoms with Gasteiger partial charge in [-0.3, -0.25) is 24.0 Å². The molecule has 1 N–H and O–H groups in total. The van der Waals surface area contributed by atoms with Gasteiger partial charge < -0.3 is 15.0 Å². The molecule has 12 heteroatoms. The number of hydrogen-bond acceptors (Lipinski definition) is 7. The van der Waals surface area contributed by atoms with Gasteiger partial charge >= 0.3 is 0 Å². The molecule has 1 atom stereocenters. The van der Waals surface area contributed by atoms with Gasteiger partial charge in [0.15, 0.2) is 0 Å². The lowest BCUT2D eigenvalue weighted by Crippen LogP contribution is -2.51. The van der Waals surface area contributed by atoms with Crippen LogP contribution < -0.4 is 14.4 Å². The molecule has 0 aromatic heterocycles. The van der Waals surface area contributed by atoms with Crippen LogP contribution in [0.25, 0.3) is 0 Å². The quantitative estimate of drug-likeness (QED) is 0.252. The van der Waals surface area contributed by atoms with E-state index in [1.54, 1.807) is 19.1 Å². The van der Waals surface area contributed by atoms with Crippen LogP contribution in [0.5, 0.6) is 5.75 Å². The number of hydrogen-bond donors (Lipinski definition) is 1. The fourth-order valence-corrected chi connectivity index (χ4v) is 5.88. The largest absolute Gasteiger partial charge is 0.497 e. The number of nitrogens with zero attached hydrogens (tertiary/aromatic N) is 3. The number of carbonyl (C=O) groups is 2. The van der Waals surface area contributed by atoms with Crippen LogP contribution >= 0.6 is 0 Å². The number of sulfonamides is 1. The van der Waals surface area contributed by atoms with E-state index >= 15 is 0 Å². The van der Waals surface area contributed by atoms with Gasteiger partial charge in [0.2, 0.25) is 11.8 Å². The van der Waals surface area contributed by atoms with Gasteiger partial charge in [0, 0.05) is 25.2 Å². The molecule has 0 radical (unpaired) electrons. The molecular weight excluding hydrogens is 548 g/mol. The summed E-state index contributed by atoms with van der Waals surface area (Å²) in [4.78, 5) is 38.7. The zero-order valence-electron chi connectivity index (χ0n) is 23.7. The van der Waals surface area contributed by atoms with Crippen molar-refractivity contribution in [2.75, 3.05) is 25.0 Å². The molecule has 0 spiro atoms. The first-order valence-corrected chi connectivity index (χ1v) is 14.3. The first-order chi connectivity index (χ1) is 19.4. The zero-order valence-corrected chi connectivity index (χ0v) is 24.5. The van der Waals surface area contributed by atoms with Crippen LogP contribution in [0.2, 0.25) is 0 Å². The number of anilines is 1. The first-order valence-electron chi connectivity index (χ1n) is 12.9. The number of amides is 2. The number of benzene rings is 3. The molecule has 218 valence electrons. The summed E-state index contributed by atoms with van der Waals surface area (Å²) in [5, 5.41) is 14.1. The third-order valence-electron chi connectivity index (χ3n) is 6.67. The Morgan fingerprint density at radius 2 is 1.73 bits per heavy atom. The molecule has 0 saturated heterocycles. The minimum Gasteiger partial charge on any atom is -0.497 e. The van der Waals surface area contributed by atoms with Gasteiger partial charge in [-0.05, 0) is 56.2 Å². The van der Waals surface area contributed by atoms with Gasteiger partial charge in [-0.2, -0.15) is 0 Å². The Morgan fingerprint density at radius 1 is 1.05 bits per heavy atom. The standard InChI is InChI=1S/C29H34N4O7S/c1-6-26(29(35)30-4)31(18-22-9-7-8-20(2)16-22)28(34)19-32(23-11-13-24(40-5)14-12-23)41(38,39)25-15-10-21(3)27(17-25)33(36)37/h7-17,26H,6,18-19H2,1-5H3,(H,30,35)/t26-/m1/s1. The summed E-state index contributed by atoms with van der Waals surface area (Å²) in [5.74, 6) is -0.542. The Bertz CT molecular complexity index is 1520. The second kappa shape index (κ2) is 13.3. The fraction of sp³-hybridized carbons (Fsp3) is 0.310. The molecule has 0 fully saturated rings. The van der Waals surface area contributed by atoms with E-state index in [4.69, 9.17) is 4.74 Å². The maximum atomic E-state index is 14.0. The molecule has 0 unspecified atom stereocenters. The number of aryl methyl sites for hydroxylation is 2. The van der Waals surface area contributed by atoms with E-state index in [0.29, 0.717) is 11.3 Å². The summed E-state index contributed by atoms with van der Waals surface area (Å²) in [7, 11) is -1.54. The summed E-state index contributed by atoms with van der Waals surface area (Å²) < 4.78 is 34.1. The summed E-state index contributed by atoms with van der Waals surface area (Å²) >= 11 is 0. The van der Waals surface area contributed by atoms with Crippen LogP contribution in [0, 0.1) is 24.0 Å². The Hall–Kier alpha value is -4.45. The maximum Gasteiger partial charge on any atom is 0.273 e. The lowest BCUT2D eigenvalue weighted by atomic mass is 10.1. The maximum absolute atomic E-state index is 14.0. The third kappa shape index (κ3) is 7.20. The van der Waals surface area contributed by atoms with Gasteiger partial charge in [-0.15, -0.1) is 0 Å². The van der Waals surface area contributed by atoms with Crippen LogP contribution in [0.4, 0.5) is 11.4 Å². The molecule has 3 aromatic rings. The molecule has 0 saturated carbocycles. The first kappa shape index (κ1) is 31.1. The second-order valence-electron chi connectivity index (χ2n) is 9.46. The molecule has 0 aliphatic rings. The molecule has 2 amide bonds. The van der Waals surface area contributed by atoms with Crippen molar-refractivity contribution in [1.82, 2.24) is 10.2 Å². The zero-order chi connectivity index (χ0) is 30.3. The van der Waals surface area contributed by atoms with Crippen LogP contribution in [0.1, 0.15) is 30.0 Å². The van der Waals surface area contributed by atoms with E-state index in [9.17, 15) is 28.1 Å². The SMILES string of the molecule is CC[C@H](C(=O)NC)N(Cc1cccc(C)c1)C(=O)CN(c1ccc(OC)cc1)S(=O)(=O)c1ccc(C)c([N+](=O)[O-])c1. The Morgan fingerprint density at radius 3 is 2.29 bits per heavy atom. The lowest BCUT2D eigenvalue weighted by molar-refractivity contribution is -0.385. The average molecular weight is 583 g/mol. The van der Waals surface area contributed by atoms with E-state index < -0.39 is 33.4 Å². The van der Waals surface area contributed by atoms with Crippen molar-refractivity contribution in [2.24, 2.45) is 0 Å². The summed E-state index contributed by atoms with van der Waals surface area (Å²) in [6, 6.07) is 16.2. The molecule has 3 rings (SSSR count). The highest BCUT2D eigenvalue weighted by molar-refractivity contribution is 7.92. The number of carbonyl (C=O) groups excluding carboxylic acids is 2. The highest BCUT2D eigenvalue weighted by atomic mass is 32.2. The minimum atomic E-state index is -4.47. The van der Waals surface area contributed by atoms with E-state index in [1.165, 1.54) is 50.2 Å². The average Bonchev–Trinajstić information content (AvgIpc) is 2.95. The van der Waals surface area contributed by atoms with E-state index in [2.05, 4.69) is 5.32 Å². The van der Waals surface area contributed by atoms with Crippen molar-refractivity contribution >= 4 is 33.2 Å². The van der Waals surface area contributed by atoms with Crippen molar-refractivity contribution < 1.29 is 27.7 Å². The molecule has 0 aliphatic carbocycles. The monoisotopic (exact) mass is 582 g/mol. The van der Waals surface area contributed by atoms with Crippen LogP contribution in [-0.4, -0.2) is 56.8 Å². The van der Waals surface area contributed by atoms with Crippen molar-refractivity contribution in [2.45, 2.75) is 44.7 Å². The Kier molecular flexibility index (Phi) is 10.1. The van der Waals surface area contributed by atoms with Crippen molar-refractivity contribution in [3.63, 3.8) is 0 Å². The molecule has 41 heavy (non-hydrogen) atoms. The molecule has 0 bridgehead atoms. The number of nitro benzene ring substituents is 1. The number of nitrogens with one attached hydrogen (secondary N) is 1. The van der Waals surface area contributed by atoms with E-state index in [0.717, 1.165) is 21.5 Å². The van der Waals surface area contributed by atoms with Crippen LogP contribution in [-0.2, 0) is 26.2 Å². The van der Waals surface area contributed by atoms with Gasteiger partial charge in [-0.1, -0.05) is 42.8 Å². The fourth-order valence-electron chi connectivity index (χ4n) is 4.44. The second-order valence-corrected chi connectivity index (χ2v) is 11.3. The van der Waals surface area contributed by atoms with Gasteiger partial charge in [0.25, 0.3) is 15.7 Å². The van der Waals surface area contributed by atoms with Crippen molar-refractivity contribution in [3.8, 4) is 5.75 Å². The van der Waals surface area contributed by atoms with Crippen molar-refractivity contribution in [1.29, 1.82) is 0 Å². The van der Waals surface area contributed by atoms with Gasteiger partial charge in [-0.25, -0.2) is 8.42 Å². The molecular formula is C29H34N4O7S. The number of methoxy groups -OCH3 is 1. The molecule has 3 aromatic carbocycles. The summed E-state index contributed by atoms with van der Waals surface area (Å²) in [6.07, 6.45) is 0.288. The highest BCUT2D eigenvalue weighted by Gasteiger charge is 2.34. The number of nitro groups is 1. The van der Waals surface area contributed by atoms with Gasteiger partial charge in [0.05, 0.1) is 22.6 Å². The molecule has 11 nitrogen and oxygen atoms in total. The van der Waals surface area contributed by atoms with Gasteiger partial charge in [0.1, 0.15) is 18.3 Å². The van der Waals surface area contributed by atoms with Crippen molar-refractivity contribution in [3.05, 3.63) is 93.5 Å². The van der Waals surface area contributed by atoms with E-state index in [1.807, 2.05) is 31.2 Å². The Balaban J connectivity index is 2.12. The smallest absolute Gasteiger partial charge is 0.273 e. The van der Waals surface area contributed by atoms with Crippen LogP contribution in [0.15, 0.2) is 71.6 Å². The topological polar surface area (TPSA) is 139 Å². The Labute approximate surface area is 239 Å². The van der Waals surface area contributed by atoms with E-state index in [-0.39, 0.29) is 35.1 Å². The number of rotatable bonds is 12. The van der Waals surface area contributed by atoms with Crippen LogP contribution in [0.3, 0.4) is 0 Å². The molecule has 0 aliphatic heterocycles. The highest BCUT2D eigenvalue weighted by Crippen LogP contribution is 2.29. The third-order valence-corrected chi connectivity index (χ3v) is 8.44. The minimum absolute atomic E-state index is 0.0684. The molecule has 0 heterocycles. The summed E-state index contributed by atoms with van der Waals surface area (Å²) in [5.41, 5.74) is 1.81. The summed E-state index contributed by atoms with van der Waals surface area (Å²) in [6.45, 7) is 4.59. The lowest BCUT2D eigenvalue weighted by Gasteiger charge is -2.33. The number of ether oxygens (including phenoxy) is 1.